The van der Waals surface area contributed by atoms with Gasteiger partial charge in [0.1, 0.15) is 0 Å². The molecule has 0 saturated carbocycles. The van der Waals surface area contributed by atoms with E-state index in [1.807, 2.05) is 0 Å². The van der Waals surface area contributed by atoms with Crippen molar-refractivity contribution in [2.75, 3.05) is 13.1 Å². The molecule has 1 aromatic rings. The van der Waals surface area contributed by atoms with Crippen molar-refractivity contribution in [3.63, 3.8) is 0 Å². The third kappa shape index (κ3) is 4.77. The smallest absolute Gasteiger partial charge is 0.0234 e. The zero-order valence-corrected chi connectivity index (χ0v) is 10.5. The normalized spacial score (nSPS) is 13.0. The Balaban J connectivity index is 2.43. The summed E-state index contributed by atoms with van der Waals surface area (Å²) in [4.78, 5) is 2.41. The predicted molar refractivity (Wildman–Crippen MR) is 70.3 cm³/mol. The summed E-state index contributed by atoms with van der Waals surface area (Å²) in [5.41, 5.74) is 7.44. The van der Waals surface area contributed by atoms with Crippen LogP contribution in [0, 0.1) is 0 Å². The summed E-state index contributed by atoms with van der Waals surface area (Å²) in [6.45, 7) is 7.45. The molecule has 0 amide bonds. The third-order valence-corrected chi connectivity index (χ3v) is 2.85. The lowest BCUT2D eigenvalue weighted by atomic mass is 10.1. The van der Waals surface area contributed by atoms with Gasteiger partial charge < -0.3 is 5.73 Å². The molecule has 1 atom stereocenters. The van der Waals surface area contributed by atoms with Crippen LogP contribution in [0.15, 0.2) is 30.3 Å². The Hall–Kier alpha value is -0.860. The van der Waals surface area contributed by atoms with E-state index in [0.29, 0.717) is 6.04 Å². The van der Waals surface area contributed by atoms with E-state index >= 15 is 0 Å². The molecule has 0 fully saturated rings. The molecule has 0 aromatic heterocycles. The number of rotatable bonds is 7. The van der Waals surface area contributed by atoms with Crippen LogP contribution in [0.3, 0.4) is 0 Å². The molecule has 2 N–H and O–H groups in total. The number of likely N-dealkylation sites (N-methyl/N-ethyl adjacent to an activating group) is 1. The average molecular weight is 220 g/mol. The second kappa shape index (κ2) is 7.42. The van der Waals surface area contributed by atoms with Crippen LogP contribution in [-0.4, -0.2) is 24.0 Å². The highest BCUT2D eigenvalue weighted by Gasteiger charge is 2.08. The van der Waals surface area contributed by atoms with Gasteiger partial charge in [0.15, 0.2) is 0 Å². The van der Waals surface area contributed by atoms with Gasteiger partial charge in [-0.25, -0.2) is 0 Å². The minimum absolute atomic E-state index is 0.314. The standard InChI is InChI=1S/C14H24N2/c1-3-8-14(15)12-16(4-2)11-13-9-6-5-7-10-13/h5-7,9-10,14H,3-4,8,11-12,15H2,1-2H3. The summed E-state index contributed by atoms with van der Waals surface area (Å²) in [7, 11) is 0. The van der Waals surface area contributed by atoms with Gasteiger partial charge in [-0.3, -0.25) is 4.90 Å². The summed E-state index contributed by atoms with van der Waals surface area (Å²) in [5.74, 6) is 0. The molecular formula is C14H24N2. The second-order valence-electron chi connectivity index (χ2n) is 4.36. The molecule has 0 aliphatic carbocycles. The van der Waals surface area contributed by atoms with Crippen molar-refractivity contribution in [2.45, 2.75) is 39.3 Å². The SMILES string of the molecule is CCCC(N)CN(CC)Cc1ccccc1. The van der Waals surface area contributed by atoms with Crippen LogP contribution in [0.1, 0.15) is 32.3 Å². The van der Waals surface area contributed by atoms with Crippen molar-refractivity contribution in [1.29, 1.82) is 0 Å². The number of hydrogen-bond acceptors (Lipinski definition) is 2. The maximum atomic E-state index is 6.07. The molecular weight excluding hydrogens is 196 g/mol. The van der Waals surface area contributed by atoms with Crippen LogP contribution >= 0.6 is 0 Å². The molecule has 0 saturated heterocycles. The predicted octanol–water partition coefficient (Wildman–Crippen LogP) is 2.64. The molecule has 0 aliphatic heterocycles. The molecule has 2 nitrogen and oxygen atoms in total. The molecule has 0 bridgehead atoms. The van der Waals surface area contributed by atoms with E-state index in [0.717, 1.165) is 26.1 Å². The first kappa shape index (κ1) is 13.2. The fourth-order valence-electron chi connectivity index (χ4n) is 1.94. The van der Waals surface area contributed by atoms with Crippen LogP contribution < -0.4 is 5.73 Å². The Labute approximate surface area is 99.5 Å². The average Bonchev–Trinajstić information content (AvgIpc) is 2.30. The molecule has 1 unspecified atom stereocenters. The number of hydrogen-bond donors (Lipinski definition) is 1. The molecule has 1 rings (SSSR count). The fraction of sp³-hybridized carbons (Fsp3) is 0.571. The Morgan fingerprint density at radius 3 is 2.44 bits per heavy atom. The van der Waals surface area contributed by atoms with E-state index in [1.165, 1.54) is 12.0 Å². The second-order valence-corrected chi connectivity index (χ2v) is 4.36. The van der Waals surface area contributed by atoms with Crippen LogP contribution in [0.2, 0.25) is 0 Å². The third-order valence-electron chi connectivity index (χ3n) is 2.85. The van der Waals surface area contributed by atoms with Crippen molar-refractivity contribution in [3.05, 3.63) is 35.9 Å². The Morgan fingerprint density at radius 2 is 1.88 bits per heavy atom. The van der Waals surface area contributed by atoms with Crippen molar-refractivity contribution < 1.29 is 0 Å². The van der Waals surface area contributed by atoms with Crippen LogP contribution in [0.5, 0.6) is 0 Å². The largest absolute Gasteiger partial charge is 0.327 e. The molecule has 0 aliphatic rings. The topological polar surface area (TPSA) is 29.3 Å². The van der Waals surface area contributed by atoms with E-state index in [2.05, 4.69) is 49.1 Å². The van der Waals surface area contributed by atoms with Crippen molar-refractivity contribution >= 4 is 0 Å². The zero-order valence-electron chi connectivity index (χ0n) is 10.5. The van der Waals surface area contributed by atoms with Crippen molar-refractivity contribution in [1.82, 2.24) is 4.90 Å². The van der Waals surface area contributed by atoms with E-state index in [-0.39, 0.29) is 0 Å². The van der Waals surface area contributed by atoms with Gasteiger partial charge >= 0.3 is 0 Å². The first-order valence-corrected chi connectivity index (χ1v) is 6.28. The van der Waals surface area contributed by atoms with E-state index < -0.39 is 0 Å². The summed E-state index contributed by atoms with van der Waals surface area (Å²) >= 11 is 0. The quantitative estimate of drug-likeness (QED) is 0.765. The van der Waals surface area contributed by atoms with Gasteiger partial charge in [-0.15, -0.1) is 0 Å². The van der Waals surface area contributed by atoms with Gasteiger partial charge in [0, 0.05) is 19.1 Å². The number of benzene rings is 1. The fourth-order valence-corrected chi connectivity index (χ4v) is 1.94. The monoisotopic (exact) mass is 220 g/mol. The molecule has 0 spiro atoms. The molecule has 1 aromatic carbocycles. The molecule has 2 heteroatoms. The Bertz CT molecular complexity index is 271. The van der Waals surface area contributed by atoms with Crippen molar-refractivity contribution in [3.8, 4) is 0 Å². The highest BCUT2D eigenvalue weighted by Crippen LogP contribution is 2.05. The van der Waals surface area contributed by atoms with E-state index in [1.54, 1.807) is 0 Å². The van der Waals surface area contributed by atoms with Gasteiger partial charge in [0.05, 0.1) is 0 Å². The molecule has 0 heterocycles. The minimum atomic E-state index is 0.314. The van der Waals surface area contributed by atoms with Gasteiger partial charge in [-0.1, -0.05) is 50.6 Å². The summed E-state index contributed by atoms with van der Waals surface area (Å²) in [6.07, 6.45) is 2.29. The first-order chi connectivity index (χ1) is 7.76. The van der Waals surface area contributed by atoms with Gasteiger partial charge in [0.25, 0.3) is 0 Å². The number of nitrogens with two attached hydrogens (primary N) is 1. The molecule has 90 valence electrons. The Morgan fingerprint density at radius 1 is 1.19 bits per heavy atom. The van der Waals surface area contributed by atoms with Crippen molar-refractivity contribution in [2.24, 2.45) is 5.73 Å². The maximum Gasteiger partial charge on any atom is 0.0234 e. The van der Waals surface area contributed by atoms with Gasteiger partial charge in [-0.05, 0) is 18.5 Å². The van der Waals surface area contributed by atoms with E-state index in [4.69, 9.17) is 5.73 Å². The highest BCUT2D eigenvalue weighted by atomic mass is 15.1. The lowest BCUT2D eigenvalue weighted by Gasteiger charge is -2.24. The van der Waals surface area contributed by atoms with Gasteiger partial charge in [-0.2, -0.15) is 0 Å². The van der Waals surface area contributed by atoms with Crippen LogP contribution in [0.25, 0.3) is 0 Å². The minimum Gasteiger partial charge on any atom is -0.327 e. The summed E-state index contributed by atoms with van der Waals surface area (Å²) in [6, 6.07) is 10.9. The Kier molecular flexibility index (Phi) is 6.12. The first-order valence-electron chi connectivity index (χ1n) is 6.28. The van der Waals surface area contributed by atoms with Gasteiger partial charge in [0.2, 0.25) is 0 Å². The van der Waals surface area contributed by atoms with Crippen LogP contribution in [0.4, 0.5) is 0 Å². The zero-order chi connectivity index (χ0) is 11.8. The molecule has 0 radical (unpaired) electrons. The van der Waals surface area contributed by atoms with Crippen LogP contribution in [-0.2, 0) is 6.54 Å². The maximum absolute atomic E-state index is 6.07. The molecule has 16 heavy (non-hydrogen) atoms. The van der Waals surface area contributed by atoms with E-state index in [9.17, 15) is 0 Å². The highest BCUT2D eigenvalue weighted by molar-refractivity contribution is 5.14. The summed E-state index contributed by atoms with van der Waals surface area (Å²) in [5, 5.41) is 0. The number of nitrogens with zero attached hydrogens (tertiary/aromatic N) is 1. The lowest BCUT2D eigenvalue weighted by molar-refractivity contribution is 0.256. The lowest BCUT2D eigenvalue weighted by Crippen LogP contribution is -2.37. The summed E-state index contributed by atoms with van der Waals surface area (Å²) < 4.78 is 0.